The first-order valence-corrected chi connectivity index (χ1v) is 6.76. The van der Waals surface area contributed by atoms with Gasteiger partial charge in [-0.1, -0.05) is 6.92 Å². The van der Waals surface area contributed by atoms with Crippen LogP contribution in [0.15, 0.2) is 12.3 Å². The van der Waals surface area contributed by atoms with E-state index in [0.29, 0.717) is 12.5 Å². The number of pyridine rings is 1. The summed E-state index contributed by atoms with van der Waals surface area (Å²) in [5, 5.41) is 3.34. The molecule has 1 aliphatic rings. The van der Waals surface area contributed by atoms with Gasteiger partial charge in [-0.15, -0.1) is 0 Å². The first-order chi connectivity index (χ1) is 9.36. The van der Waals surface area contributed by atoms with Crippen molar-refractivity contribution in [2.75, 3.05) is 13.2 Å². The molecular formula is C14H19F3N2O. The average molecular weight is 288 g/mol. The summed E-state index contributed by atoms with van der Waals surface area (Å²) in [5.41, 5.74) is -0.582. The highest BCUT2D eigenvalue weighted by molar-refractivity contribution is 5.30. The van der Waals surface area contributed by atoms with E-state index < -0.39 is 11.7 Å². The lowest BCUT2D eigenvalue weighted by molar-refractivity contribution is -0.138. The number of ether oxygens (including phenoxy) is 1. The van der Waals surface area contributed by atoms with E-state index >= 15 is 0 Å². The van der Waals surface area contributed by atoms with Gasteiger partial charge < -0.3 is 10.1 Å². The van der Waals surface area contributed by atoms with Crippen LogP contribution < -0.4 is 10.1 Å². The van der Waals surface area contributed by atoms with Crippen molar-refractivity contribution in [3.05, 3.63) is 23.4 Å². The van der Waals surface area contributed by atoms with Gasteiger partial charge in [0, 0.05) is 18.3 Å². The molecule has 2 atom stereocenters. The van der Waals surface area contributed by atoms with Crippen molar-refractivity contribution < 1.29 is 17.9 Å². The highest BCUT2D eigenvalue weighted by Gasteiger charge is 2.33. The molecule has 1 aromatic heterocycles. The van der Waals surface area contributed by atoms with Gasteiger partial charge in [0.15, 0.2) is 0 Å². The Morgan fingerprint density at radius 3 is 2.80 bits per heavy atom. The second kappa shape index (κ2) is 5.99. The number of hydrogen-bond acceptors (Lipinski definition) is 3. The quantitative estimate of drug-likeness (QED) is 0.927. The monoisotopic (exact) mass is 288 g/mol. The van der Waals surface area contributed by atoms with Crippen molar-refractivity contribution in [1.82, 2.24) is 10.3 Å². The largest absolute Gasteiger partial charge is 0.476 e. The van der Waals surface area contributed by atoms with E-state index in [9.17, 15) is 13.2 Å². The molecule has 1 N–H and O–H groups in total. The number of alkyl halides is 3. The second-order valence-corrected chi connectivity index (χ2v) is 5.43. The van der Waals surface area contributed by atoms with Gasteiger partial charge >= 0.3 is 6.18 Å². The molecule has 1 fully saturated rings. The molecule has 2 heterocycles. The van der Waals surface area contributed by atoms with E-state index in [1.165, 1.54) is 13.0 Å². The molecule has 112 valence electrons. The van der Waals surface area contributed by atoms with Gasteiger partial charge in [-0.2, -0.15) is 13.2 Å². The van der Waals surface area contributed by atoms with Crippen molar-refractivity contribution in [3.8, 4) is 5.88 Å². The number of halogens is 3. The molecular weight excluding hydrogens is 269 g/mol. The minimum absolute atomic E-state index is 0.132. The maximum absolute atomic E-state index is 12.6. The SMILES string of the molecule is Cc1cc(OC[C@@H]2C[C@H](C)CCN2)ncc1C(F)(F)F. The van der Waals surface area contributed by atoms with Gasteiger partial charge in [-0.05, 0) is 37.8 Å². The predicted molar refractivity (Wildman–Crippen MR) is 69.7 cm³/mol. The minimum Gasteiger partial charge on any atom is -0.476 e. The maximum atomic E-state index is 12.6. The number of hydrogen-bond donors (Lipinski definition) is 1. The minimum atomic E-state index is -4.37. The molecule has 0 spiro atoms. The second-order valence-electron chi connectivity index (χ2n) is 5.43. The van der Waals surface area contributed by atoms with Gasteiger partial charge in [0.1, 0.15) is 6.61 Å². The highest BCUT2D eigenvalue weighted by Crippen LogP contribution is 2.32. The summed E-state index contributed by atoms with van der Waals surface area (Å²) >= 11 is 0. The van der Waals surface area contributed by atoms with Crippen molar-refractivity contribution in [2.24, 2.45) is 5.92 Å². The van der Waals surface area contributed by atoms with E-state index in [2.05, 4.69) is 17.2 Å². The summed E-state index contributed by atoms with van der Waals surface area (Å²) in [6, 6.07) is 1.58. The van der Waals surface area contributed by atoms with E-state index in [1.54, 1.807) is 0 Å². The molecule has 0 aliphatic carbocycles. The number of aryl methyl sites for hydroxylation is 1. The number of nitrogens with zero attached hydrogens (tertiary/aromatic N) is 1. The summed E-state index contributed by atoms with van der Waals surface area (Å²) in [4.78, 5) is 3.74. The Morgan fingerprint density at radius 1 is 1.45 bits per heavy atom. The summed E-state index contributed by atoms with van der Waals surface area (Å²) < 4.78 is 43.3. The smallest absolute Gasteiger partial charge is 0.418 e. The van der Waals surface area contributed by atoms with Crippen LogP contribution in [0.2, 0.25) is 0 Å². The molecule has 0 radical (unpaired) electrons. The zero-order valence-corrected chi connectivity index (χ0v) is 11.6. The van der Waals surface area contributed by atoms with E-state index in [1.807, 2.05) is 0 Å². The Morgan fingerprint density at radius 2 is 2.20 bits per heavy atom. The average Bonchev–Trinajstić information content (AvgIpc) is 2.35. The summed E-state index contributed by atoms with van der Waals surface area (Å²) in [6.07, 6.45) is -1.37. The van der Waals surface area contributed by atoms with Crippen LogP contribution in [0.5, 0.6) is 5.88 Å². The zero-order chi connectivity index (χ0) is 14.8. The Hall–Kier alpha value is -1.30. The van der Waals surface area contributed by atoms with Crippen molar-refractivity contribution in [1.29, 1.82) is 0 Å². The Labute approximate surface area is 116 Å². The lowest BCUT2D eigenvalue weighted by atomic mass is 9.95. The van der Waals surface area contributed by atoms with Crippen LogP contribution in [-0.4, -0.2) is 24.2 Å². The zero-order valence-electron chi connectivity index (χ0n) is 11.6. The molecule has 2 rings (SSSR count). The third kappa shape index (κ3) is 3.85. The Kier molecular flexibility index (Phi) is 4.52. The van der Waals surface area contributed by atoms with Crippen molar-refractivity contribution >= 4 is 0 Å². The van der Waals surface area contributed by atoms with Crippen LogP contribution in [-0.2, 0) is 6.18 Å². The number of aromatic nitrogens is 1. The van der Waals surface area contributed by atoms with Gasteiger partial charge in [-0.3, -0.25) is 0 Å². The lowest BCUT2D eigenvalue weighted by Gasteiger charge is -2.27. The molecule has 0 unspecified atom stereocenters. The van der Waals surface area contributed by atoms with E-state index in [-0.39, 0.29) is 17.5 Å². The topological polar surface area (TPSA) is 34.1 Å². The number of rotatable bonds is 3. The number of piperidine rings is 1. The van der Waals surface area contributed by atoms with Crippen LogP contribution >= 0.6 is 0 Å². The van der Waals surface area contributed by atoms with Crippen molar-refractivity contribution in [3.63, 3.8) is 0 Å². The fourth-order valence-electron chi connectivity index (χ4n) is 2.44. The van der Waals surface area contributed by atoms with E-state index in [4.69, 9.17) is 4.74 Å². The van der Waals surface area contributed by atoms with Crippen LogP contribution in [0.3, 0.4) is 0 Å². The van der Waals surface area contributed by atoms with Crippen LogP contribution in [0.4, 0.5) is 13.2 Å². The third-order valence-electron chi connectivity index (χ3n) is 3.58. The Balaban J connectivity index is 1.95. The van der Waals surface area contributed by atoms with Crippen molar-refractivity contribution in [2.45, 2.75) is 38.9 Å². The fraction of sp³-hybridized carbons (Fsp3) is 0.643. The highest BCUT2D eigenvalue weighted by atomic mass is 19.4. The predicted octanol–water partition coefficient (Wildman–Crippen LogP) is 3.18. The molecule has 0 amide bonds. The molecule has 1 saturated heterocycles. The summed E-state index contributed by atoms with van der Waals surface area (Å²) in [7, 11) is 0. The lowest BCUT2D eigenvalue weighted by Crippen LogP contribution is -2.41. The molecule has 1 aromatic rings. The van der Waals surface area contributed by atoms with Crippen LogP contribution in [0.1, 0.15) is 30.9 Å². The molecule has 20 heavy (non-hydrogen) atoms. The van der Waals surface area contributed by atoms with Crippen LogP contribution in [0, 0.1) is 12.8 Å². The van der Waals surface area contributed by atoms with Gasteiger partial charge in [0.05, 0.1) is 5.56 Å². The standard InChI is InChI=1S/C14H19F3N2O/c1-9-3-4-18-11(5-9)8-20-13-6-10(2)12(7-19-13)14(15,16)17/h6-7,9,11,18H,3-5,8H2,1-2H3/t9-,11+/m1/s1. The van der Waals surface area contributed by atoms with Gasteiger partial charge in [0.25, 0.3) is 0 Å². The Bertz CT molecular complexity index is 462. The number of nitrogens with one attached hydrogen (secondary N) is 1. The van der Waals surface area contributed by atoms with Gasteiger partial charge in [0.2, 0.25) is 5.88 Å². The molecule has 0 bridgehead atoms. The fourth-order valence-corrected chi connectivity index (χ4v) is 2.44. The van der Waals surface area contributed by atoms with Crippen LogP contribution in [0.25, 0.3) is 0 Å². The normalized spacial score (nSPS) is 23.6. The molecule has 0 saturated carbocycles. The molecule has 6 heteroatoms. The molecule has 1 aliphatic heterocycles. The summed E-state index contributed by atoms with van der Waals surface area (Å²) in [5.74, 6) is 0.891. The molecule has 0 aromatic carbocycles. The summed E-state index contributed by atoms with van der Waals surface area (Å²) in [6.45, 7) is 4.99. The molecule has 3 nitrogen and oxygen atoms in total. The maximum Gasteiger partial charge on any atom is 0.418 e. The van der Waals surface area contributed by atoms with E-state index in [0.717, 1.165) is 25.6 Å². The van der Waals surface area contributed by atoms with Gasteiger partial charge in [-0.25, -0.2) is 4.98 Å². The first kappa shape index (κ1) is 15.1. The third-order valence-corrected chi connectivity index (χ3v) is 3.58. The first-order valence-electron chi connectivity index (χ1n) is 6.76.